The Morgan fingerprint density at radius 3 is 2.25 bits per heavy atom. The fourth-order valence-corrected chi connectivity index (χ4v) is 1.19. The van der Waals surface area contributed by atoms with Crippen molar-refractivity contribution in [2.45, 2.75) is 6.42 Å². The molecule has 4 nitrogen and oxygen atoms in total. The van der Waals surface area contributed by atoms with Crippen LogP contribution in [0.2, 0.25) is 0 Å². The van der Waals surface area contributed by atoms with Gasteiger partial charge in [0.05, 0.1) is 6.61 Å². The molecule has 8 heavy (non-hydrogen) atoms. The summed E-state index contributed by atoms with van der Waals surface area (Å²) in [4.78, 5) is 10.2. The van der Waals surface area contributed by atoms with Crippen molar-refractivity contribution in [1.29, 1.82) is 0 Å². The molecule has 0 amide bonds. The lowest BCUT2D eigenvalue weighted by Crippen LogP contribution is -2.05. The third kappa shape index (κ3) is 0.740. The van der Waals surface area contributed by atoms with Crippen LogP contribution in [0.15, 0.2) is 0 Å². The highest BCUT2D eigenvalue weighted by molar-refractivity contribution is 8.02. The van der Waals surface area contributed by atoms with Crippen LogP contribution >= 0.6 is 0 Å². The second kappa shape index (κ2) is 1.53. The normalized spacial score (nSPS) is 26.2. The highest BCUT2D eigenvalue weighted by Crippen LogP contribution is 2.07. The van der Waals surface area contributed by atoms with Gasteiger partial charge in [0.15, 0.2) is 0 Å². The van der Waals surface area contributed by atoms with E-state index in [0.717, 1.165) is 0 Å². The first-order valence-corrected chi connectivity index (χ1v) is 3.46. The quantitative estimate of drug-likeness (QED) is 0.411. The monoisotopic (exact) mass is 136 g/mol. The van der Waals surface area contributed by atoms with Crippen LogP contribution < -0.4 is 0 Å². The predicted molar refractivity (Wildman–Crippen MR) is 24.5 cm³/mol. The minimum Gasteiger partial charge on any atom is -0.279 e. The molecule has 0 saturated carbocycles. The lowest BCUT2D eigenvalue weighted by molar-refractivity contribution is -0.111. The van der Waals surface area contributed by atoms with Crippen molar-refractivity contribution in [3.8, 4) is 0 Å². The number of carbonyl (C=O) groups excluding carboxylic acids is 1. The van der Waals surface area contributed by atoms with Crippen molar-refractivity contribution >= 4 is 15.2 Å². The van der Waals surface area contributed by atoms with Crippen LogP contribution in [0.3, 0.4) is 0 Å². The average Bonchev–Trinajstić information content (AvgIpc) is 1.86. The van der Waals surface area contributed by atoms with Crippen molar-refractivity contribution in [2.75, 3.05) is 6.61 Å². The van der Waals surface area contributed by atoms with E-state index < -0.39 is 15.2 Å². The molecule has 46 valence electrons. The first kappa shape index (κ1) is 5.71. The van der Waals surface area contributed by atoms with E-state index in [4.69, 9.17) is 0 Å². The molecule has 1 aliphatic rings. The molecule has 0 aromatic heterocycles. The highest BCUT2D eigenvalue weighted by Gasteiger charge is 2.29. The van der Waals surface area contributed by atoms with E-state index in [1.165, 1.54) is 0 Å². The average molecular weight is 136 g/mol. The second-order valence-corrected chi connectivity index (χ2v) is 3.00. The Hall–Kier alpha value is -0.420. The van der Waals surface area contributed by atoms with Gasteiger partial charge >= 0.3 is 10.1 Å². The Labute approximate surface area is 46.6 Å². The van der Waals surface area contributed by atoms with Crippen LogP contribution in [0.4, 0.5) is 0 Å². The molecule has 0 atom stereocenters. The molecule has 0 bridgehead atoms. The third-order valence-electron chi connectivity index (χ3n) is 0.824. The van der Waals surface area contributed by atoms with E-state index in [9.17, 15) is 13.2 Å². The van der Waals surface area contributed by atoms with Crippen molar-refractivity contribution in [1.82, 2.24) is 0 Å². The summed E-state index contributed by atoms with van der Waals surface area (Å²) in [5, 5.41) is -0.808. The summed E-state index contributed by atoms with van der Waals surface area (Å²) in [6.45, 7) is 0.0150. The molecular weight excluding hydrogens is 132 g/mol. The molecule has 1 aliphatic heterocycles. The molecule has 0 aromatic carbocycles. The molecule has 0 aliphatic carbocycles. The zero-order chi connectivity index (χ0) is 6.20. The van der Waals surface area contributed by atoms with E-state index in [0.29, 0.717) is 0 Å². The zero-order valence-electron chi connectivity index (χ0n) is 3.96. The van der Waals surface area contributed by atoms with Crippen molar-refractivity contribution in [3.63, 3.8) is 0 Å². The number of rotatable bonds is 0. The molecule has 0 aromatic rings. The fourth-order valence-electron chi connectivity index (χ4n) is 0.425. The van der Waals surface area contributed by atoms with Gasteiger partial charge in [-0.3, -0.25) is 8.98 Å². The standard InChI is InChI=1S/C3H4O4S/c4-3-1-2-7-8(3,5)6/h1-2H2. The van der Waals surface area contributed by atoms with Crippen LogP contribution in [-0.2, 0) is 19.1 Å². The maximum atomic E-state index is 10.2. The SMILES string of the molecule is O=C1CCOS1(=O)=O. The molecule has 1 rings (SSSR count). The maximum Gasteiger partial charge on any atom is 0.331 e. The number of hydrogen-bond donors (Lipinski definition) is 0. The van der Waals surface area contributed by atoms with Gasteiger partial charge in [0, 0.05) is 6.42 Å². The summed E-state index contributed by atoms with van der Waals surface area (Å²) in [7, 11) is -3.76. The van der Waals surface area contributed by atoms with Crippen molar-refractivity contribution in [3.05, 3.63) is 0 Å². The fraction of sp³-hybridized carbons (Fsp3) is 0.667. The Bertz CT molecular complexity index is 201. The predicted octanol–water partition coefficient (Wildman–Crippen LogP) is -0.737. The van der Waals surface area contributed by atoms with Crippen LogP contribution in [0.5, 0.6) is 0 Å². The smallest absolute Gasteiger partial charge is 0.279 e. The Kier molecular flexibility index (Phi) is 1.09. The van der Waals surface area contributed by atoms with Gasteiger partial charge in [-0.05, 0) is 0 Å². The molecule has 0 N–H and O–H groups in total. The topological polar surface area (TPSA) is 60.4 Å². The largest absolute Gasteiger partial charge is 0.331 e. The first-order chi connectivity index (χ1) is 3.63. The van der Waals surface area contributed by atoms with E-state index in [2.05, 4.69) is 4.18 Å². The minimum atomic E-state index is -3.76. The number of carbonyl (C=O) groups is 1. The molecule has 0 radical (unpaired) electrons. The van der Waals surface area contributed by atoms with Gasteiger partial charge in [0.1, 0.15) is 0 Å². The minimum absolute atomic E-state index is 0.00231. The Morgan fingerprint density at radius 2 is 2.12 bits per heavy atom. The summed E-state index contributed by atoms with van der Waals surface area (Å²) in [5.74, 6) is 0. The van der Waals surface area contributed by atoms with Crippen LogP contribution in [0, 0.1) is 0 Å². The van der Waals surface area contributed by atoms with Crippen LogP contribution in [0.1, 0.15) is 6.42 Å². The van der Waals surface area contributed by atoms with E-state index >= 15 is 0 Å². The molecule has 1 saturated heterocycles. The lowest BCUT2D eigenvalue weighted by Gasteiger charge is -1.82. The van der Waals surface area contributed by atoms with Gasteiger partial charge < -0.3 is 0 Å². The summed E-state index contributed by atoms with van der Waals surface area (Å²) >= 11 is 0. The molecule has 1 heterocycles. The second-order valence-electron chi connectivity index (χ2n) is 1.40. The van der Waals surface area contributed by atoms with Crippen LogP contribution in [-0.4, -0.2) is 20.1 Å². The van der Waals surface area contributed by atoms with Crippen LogP contribution in [0.25, 0.3) is 0 Å². The van der Waals surface area contributed by atoms with Gasteiger partial charge in [0.25, 0.3) is 5.12 Å². The summed E-state index contributed by atoms with van der Waals surface area (Å²) in [5.41, 5.74) is 0. The van der Waals surface area contributed by atoms with Gasteiger partial charge in [0.2, 0.25) is 0 Å². The highest BCUT2D eigenvalue weighted by atomic mass is 32.2. The molecule has 0 unspecified atom stereocenters. The van der Waals surface area contributed by atoms with Gasteiger partial charge in [-0.2, -0.15) is 8.42 Å². The van der Waals surface area contributed by atoms with Crippen molar-refractivity contribution < 1.29 is 17.4 Å². The number of hydrogen-bond acceptors (Lipinski definition) is 4. The first-order valence-electron chi connectivity index (χ1n) is 2.05. The lowest BCUT2D eigenvalue weighted by atomic mass is 10.5. The molecular formula is C3H4O4S. The van der Waals surface area contributed by atoms with E-state index in [1.54, 1.807) is 0 Å². The third-order valence-corrected chi connectivity index (χ3v) is 2.06. The summed E-state index contributed by atoms with van der Waals surface area (Å²) < 4.78 is 24.5. The summed E-state index contributed by atoms with van der Waals surface area (Å²) in [6, 6.07) is 0. The van der Waals surface area contributed by atoms with Gasteiger partial charge in [-0.1, -0.05) is 0 Å². The Balaban J connectivity index is 3.02. The maximum absolute atomic E-state index is 10.2. The molecule has 0 spiro atoms. The molecule has 5 heteroatoms. The van der Waals surface area contributed by atoms with Gasteiger partial charge in [-0.15, -0.1) is 0 Å². The zero-order valence-corrected chi connectivity index (χ0v) is 4.77. The van der Waals surface area contributed by atoms with Crippen molar-refractivity contribution in [2.24, 2.45) is 0 Å². The molecule has 1 fully saturated rings. The van der Waals surface area contributed by atoms with E-state index in [1.807, 2.05) is 0 Å². The van der Waals surface area contributed by atoms with E-state index in [-0.39, 0.29) is 13.0 Å². The van der Waals surface area contributed by atoms with Gasteiger partial charge in [-0.25, -0.2) is 0 Å². The Morgan fingerprint density at radius 1 is 1.50 bits per heavy atom. The summed E-state index contributed by atoms with van der Waals surface area (Å²) in [6.07, 6.45) is 0.00231.